The maximum Gasteiger partial charge on any atom is 0.136 e. The van der Waals surface area contributed by atoms with Crippen molar-refractivity contribution >= 4 is 11.3 Å². The van der Waals surface area contributed by atoms with Crippen molar-refractivity contribution in [2.45, 2.75) is 13.0 Å². The standard InChI is InChI=1S/C15H20N2O3S/c1-9(16-2)11-8-21-15(17-11)14-12(19-4)6-10(18-3)7-13(14)20-5/h6-9,16H,1-5H3. The van der Waals surface area contributed by atoms with Gasteiger partial charge in [-0.15, -0.1) is 11.3 Å². The van der Waals surface area contributed by atoms with Gasteiger partial charge in [0.25, 0.3) is 0 Å². The monoisotopic (exact) mass is 308 g/mol. The predicted molar refractivity (Wildman–Crippen MR) is 84.7 cm³/mol. The van der Waals surface area contributed by atoms with Crippen LogP contribution in [0.2, 0.25) is 0 Å². The fraction of sp³-hybridized carbons (Fsp3) is 0.400. The zero-order valence-corrected chi connectivity index (χ0v) is 13.7. The van der Waals surface area contributed by atoms with Crippen molar-refractivity contribution in [3.05, 3.63) is 23.2 Å². The minimum atomic E-state index is 0.199. The van der Waals surface area contributed by atoms with Crippen LogP contribution < -0.4 is 19.5 Å². The van der Waals surface area contributed by atoms with Gasteiger partial charge in [0.05, 0.1) is 32.6 Å². The summed E-state index contributed by atoms with van der Waals surface area (Å²) in [5, 5.41) is 6.09. The molecule has 6 heteroatoms. The molecule has 0 aliphatic carbocycles. The number of hydrogen-bond acceptors (Lipinski definition) is 6. The highest BCUT2D eigenvalue weighted by molar-refractivity contribution is 7.13. The van der Waals surface area contributed by atoms with Crippen LogP contribution in [0.1, 0.15) is 18.7 Å². The Kier molecular flexibility index (Phi) is 5.03. The first-order valence-corrected chi connectivity index (χ1v) is 7.45. The fourth-order valence-corrected chi connectivity index (χ4v) is 2.93. The van der Waals surface area contributed by atoms with Crippen molar-refractivity contribution in [3.8, 4) is 27.8 Å². The van der Waals surface area contributed by atoms with Gasteiger partial charge in [0.1, 0.15) is 22.3 Å². The maximum absolute atomic E-state index is 5.47. The van der Waals surface area contributed by atoms with E-state index >= 15 is 0 Å². The zero-order chi connectivity index (χ0) is 15.4. The van der Waals surface area contributed by atoms with E-state index in [9.17, 15) is 0 Å². The highest BCUT2D eigenvalue weighted by Gasteiger charge is 2.19. The van der Waals surface area contributed by atoms with Gasteiger partial charge in [0.15, 0.2) is 0 Å². The summed E-state index contributed by atoms with van der Waals surface area (Å²) < 4.78 is 16.2. The first-order chi connectivity index (χ1) is 10.1. The molecule has 1 atom stereocenters. The van der Waals surface area contributed by atoms with Gasteiger partial charge >= 0.3 is 0 Å². The Bertz CT molecular complexity index is 588. The van der Waals surface area contributed by atoms with E-state index in [1.165, 1.54) is 0 Å². The Morgan fingerprint density at radius 1 is 1.10 bits per heavy atom. The third kappa shape index (κ3) is 3.11. The number of nitrogens with zero attached hydrogens (tertiary/aromatic N) is 1. The predicted octanol–water partition coefficient (Wildman–Crippen LogP) is 3.12. The maximum atomic E-state index is 5.47. The Morgan fingerprint density at radius 3 is 2.19 bits per heavy atom. The number of hydrogen-bond donors (Lipinski definition) is 1. The summed E-state index contributed by atoms with van der Waals surface area (Å²) in [6.07, 6.45) is 0. The molecular weight excluding hydrogens is 288 g/mol. The van der Waals surface area contributed by atoms with Crippen molar-refractivity contribution in [1.82, 2.24) is 10.3 Å². The van der Waals surface area contributed by atoms with Crippen LogP contribution in [-0.2, 0) is 0 Å². The van der Waals surface area contributed by atoms with Gasteiger partial charge in [-0.1, -0.05) is 0 Å². The zero-order valence-electron chi connectivity index (χ0n) is 12.9. The smallest absolute Gasteiger partial charge is 0.136 e. The Hall–Kier alpha value is -1.79. The van der Waals surface area contributed by atoms with E-state index < -0.39 is 0 Å². The van der Waals surface area contributed by atoms with Crippen LogP contribution in [0.15, 0.2) is 17.5 Å². The number of thiazole rings is 1. The molecule has 0 aliphatic rings. The molecule has 114 valence electrons. The summed E-state index contributed by atoms with van der Waals surface area (Å²) in [5.41, 5.74) is 1.85. The van der Waals surface area contributed by atoms with E-state index in [1.807, 2.05) is 24.6 Å². The average Bonchev–Trinajstić information content (AvgIpc) is 3.01. The van der Waals surface area contributed by atoms with Gasteiger partial charge in [-0.25, -0.2) is 4.98 Å². The van der Waals surface area contributed by atoms with E-state index in [0.29, 0.717) is 17.2 Å². The number of methoxy groups -OCH3 is 3. The van der Waals surface area contributed by atoms with Crippen molar-refractivity contribution in [1.29, 1.82) is 0 Å². The summed E-state index contributed by atoms with van der Waals surface area (Å²) in [5.74, 6) is 2.06. The van der Waals surface area contributed by atoms with Crippen molar-refractivity contribution in [3.63, 3.8) is 0 Å². The highest BCUT2D eigenvalue weighted by Crippen LogP contribution is 2.43. The minimum absolute atomic E-state index is 0.199. The molecule has 2 rings (SSSR count). The molecule has 0 amide bonds. The van der Waals surface area contributed by atoms with E-state index in [2.05, 4.69) is 17.2 Å². The van der Waals surface area contributed by atoms with E-state index in [0.717, 1.165) is 16.3 Å². The molecule has 2 aromatic rings. The highest BCUT2D eigenvalue weighted by atomic mass is 32.1. The van der Waals surface area contributed by atoms with Gasteiger partial charge in [0, 0.05) is 23.6 Å². The minimum Gasteiger partial charge on any atom is -0.496 e. The SMILES string of the molecule is CNC(C)c1csc(-c2c(OC)cc(OC)cc2OC)n1. The second-order valence-electron chi connectivity index (χ2n) is 4.49. The first kappa shape index (κ1) is 15.6. The van der Waals surface area contributed by atoms with E-state index in [4.69, 9.17) is 14.2 Å². The molecule has 0 spiro atoms. The molecule has 1 unspecified atom stereocenters. The Balaban J connectivity index is 2.53. The first-order valence-electron chi connectivity index (χ1n) is 6.57. The number of benzene rings is 1. The van der Waals surface area contributed by atoms with Crippen LogP contribution in [0, 0.1) is 0 Å². The number of nitrogens with one attached hydrogen (secondary N) is 1. The molecule has 1 aromatic heterocycles. The van der Waals surface area contributed by atoms with Crippen LogP contribution in [0.25, 0.3) is 10.6 Å². The molecular formula is C15H20N2O3S. The molecule has 0 bridgehead atoms. The quantitative estimate of drug-likeness (QED) is 0.888. The third-order valence-corrected chi connectivity index (χ3v) is 4.21. The average molecular weight is 308 g/mol. The second kappa shape index (κ2) is 6.78. The van der Waals surface area contributed by atoms with Gasteiger partial charge in [0.2, 0.25) is 0 Å². The molecule has 0 saturated heterocycles. The molecule has 1 aromatic carbocycles. The molecule has 5 nitrogen and oxygen atoms in total. The topological polar surface area (TPSA) is 52.6 Å². The van der Waals surface area contributed by atoms with Crippen molar-refractivity contribution < 1.29 is 14.2 Å². The second-order valence-corrected chi connectivity index (χ2v) is 5.35. The molecule has 0 fully saturated rings. The fourth-order valence-electron chi connectivity index (χ4n) is 1.96. The van der Waals surface area contributed by atoms with Crippen LogP contribution in [0.5, 0.6) is 17.2 Å². The van der Waals surface area contributed by atoms with E-state index in [1.54, 1.807) is 32.7 Å². The lowest BCUT2D eigenvalue weighted by molar-refractivity contribution is 0.377. The molecule has 0 radical (unpaired) electrons. The van der Waals surface area contributed by atoms with Gasteiger partial charge < -0.3 is 19.5 Å². The molecule has 0 saturated carbocycles. The normalized spacial score (nSPS) is 12.0. The third-order valence-electron chi connectivity index (χ3n) is 3.33. The van der Waals surface area contributed by atoms with Crippen molar-refractivity contribution in [2.75, 3.05) is 28.4 Å². The summed E-state index contributed by atoms with van der Waals surface area (Å²) >= 11 is 1.57. The van der Waals surface area contributed by atoms with Gasteiger partial charge in [-0.05, 0) is 14.0 Å². The number of ether oxygens (including phenoxy) is 3. The van der Waals surface area contributed by atoms with Gasteiger partial charge in [-0.2, -0.15) is 0 Å². The van der Waals surface area contributed by atoms with E-state index in [-0.39, 0.29) is 6.04 Å². The van der Waals surface area contributed by atoms with Gasteiger partial charge in [-0.3, -0.25) is 0 Å². The summed E-state index contributed by atoms with van der Waals surface area (Å²) in [7, 11) is 6.78. The molecule has 21 heavy (non-hydrogen) atoms. The van der Waals surface area contributed by atoms with Crippen LogP contribution in [0.4, 0.5) is 0 Å². The van der Waals surface area contributed by atoms with Crippen LogP contribution in [0.3, 0.4) is 0 Å². The lowest BCUT2D eigenvalue weighted by Crippen LogP contribution is -2.12. The lowest BCUT2D eigenvalue weighted by Gasteiger charge is -2.13. The Labute approximate surface area is 128 Å². The molecule has 1 heterocycles. The number of aromatic nitrogens is 1. The largest absolute Gasteiger partial charge is 0.496 e. The summed E-state index contributed by atoms with van der Waals surface area (Å²) in [6.45, 7) is 2.07. The summed E-state index contributed by atoms with van der Waals surface area (Å²) in [6, 6.07) is 3.87. The number of rotatable bonds is 6. The molecule has 1 N–H and O–H groups in total. The Morgan fingerprint density at radius 2 is 1.71 bits per heavy atom. The van der Waals surface area contributed by atoms with Crippen LogP contribution in [-0.4, -0.2) is 33.4 Å². The lowest BCUT2D eigenvalue weighted by atomic mass is 10.1. The van der Waals surface area contributed by atoms with Crippen LogP contribution >= 0.6 is 11.3 Å². The van der Waals surface area contributed by atoms with Crippen molar-refractivity contribution in [2.24, 2.45) is 0 Å². The molecule has 0 aliphatic heterocycles. The summed E-state index contributed by atoms with van der Waals surface area (Å²) in [4.78, 5) is 4.68.